The molecule has 1 aliphatic heterocycles. The van der Waals surface area contributed by atoms with Gasteiger partial charge in [-0.2, -0.15) is 0 Å². The molecule has 25 heavy (non-hydrogen) atoms. The predicted octanol–water partition coefficient (Wildman–Crippen LogP) is 3.88. The molecule has 0 unspecified atom stereocenters. The second kappa shape index (κ2) is 6.55. The maximum Gasteiger partial charge on any atom is 0.254 e. The van der Waals surface area contributed by atoms with Crippen LogP contribution in [0.2, 0.25) is 0 Å². The van der Waals surface area contributed by atoms with Gasteiger partial charge >= 0.3 is 0 Å². The average Bonchev–Trinajstić information content (AvgIpc) is 3.17. The van der Waals surface area contributed by atoms with Gasteiger partial charge in [-0.15, -0.1) is 0 Å². The molecule has 0 radical (unpaired) electrons. The van der Waals surface area contributed by atoms with Crippen molar-refractivity contribution in [1.29, 1.82) is 0 Å². The largest absolute Gasteiger partial charge is 0.337 e. The van der Waals surface area contributed by atoms with E-state index in [0.29, 0.717) is 6.54 Å². The van der Waals surface area contributed by atoms with Gasteiger partial charge in [0.2, 0.25) is 0 Å². The number of hydrogen-bond acceptors (Lipinski definition) is 2. The van der Waals surface area contributed by atoms with Crippen molar-refractivity contribution in [1.82, 2.24) is 14.5 Å². The number of amides is 1. The fourth-order valence-electron chi connectivity index (χ4n) is 3.91. The summed E-state index contributed by atoms with van der Waals surface area (Å²) in [4.78, 5) is 19.3. The van der Waals surface area contributed by atoms with E-state index in [1.807, 2.05) is 53.8 Å². The Morgan fingerprint density at radius 3 is 2.52 bits per heavy atom. The van der Waals surface area contributed by atoms with E-state index in [1.54, 1.807) is 6.20 Å². The second-order valence-electron chi connectivity index (χ2n) is 6.40. The highest BCUT2D eigenvalue weighted by atomic mass is 16.2. The van der Waals surface area contributed by atoms with E-state index in [1.165, 1.54) is 5.56 Å². The van der Waals surface area contributed by atoms with Gasteiger partial charge in [-0.25, -0.2) is 4.98 Å². The van der Waals surface area contributed by atoms with Gasteiger partial charge in [0, 0.05) is 37.0 Å². The van der Waals surface area contributed by atoms with E-state index in [2.05, 4.69) is 34.7 Å². The Kier molecular flexibility index (Phi) is 4.10. The second-order valence-corrected chi connectivity index (χ2v) is 6.40. The fourth-order valence-corrected chi connectivity index (χ4v) is 3.91. The zero-order chi connectivity index (χ0) is 17.2. The lowest BCUT2D eigenvalue weighted by Crippen LogP contribution is -2.43. The van der Waals surface area contributed by atoms with E-state index in [4.69, 9.17) is 0 Å². The zero-order valence-corrected chi connectivity index (χ0v) is 14.2. The molecule has 4 rings (SSSR count). The van der Waals surface area contributed by atoms with Gasteiger partial charge in [-0.1, -0.05) is 48.5 Å². The number of rotatable bonds is 4. The molecule has 4 heteroatoms. The van der Waals surface area contributed by atoms with Crippen LogP contribution in [0.4, 0.5) is 0 Å². The van der Waals surface area contributed by atoms with E-state index < -0.39 is 0 Å². The van der Waals surface area contributed by atoms with Crippen LogP contribution in [-0.4, -0.2) is 26.9 Å². The number of benzene rings is 2. The minimum Gasteiger partial charge on any atom is -0.337 e. The molecule has 0 saturated heterocycles. The van der Waals surface area contributed by atoms with Crippen LogP contribution >= 0.6 is 0 Å². The van der Waals surface area contributed by atoms with Gasteiger partial charge in [0.1, 0.15) is 0 Å². The molecular weight excluding hydrogens is 310 g/mol. The molecular formula is C21H21N3O. The minimum atomic E-state index is 0.0241. The van der Waals surface area contributed by atoms with Crippen molar-refractivity contribution in [3.8, 4) is 0 Å². The summed E-state index contributed by atoms with van der Waals surface area (Å²) in [7, 11) is 0. The van der Waals surface area contributed by atoms with E-state index in [0.717, 1.165) is 17.7 Å². The Morgan fingerprint density at radius 1 is 1.04 bits per heavy atom. The third kappa shape index (κ3) is 2.74. The van der Waals surface area contributed by atoms with E-state index in [9.17, 15) is 4.79 Å². The van der Waals surface area contributed by atoms with Gasteiger partial charge in [0.15, 0.2) is 0 Å². The molecule has 126 valence electrons. The quantitative estimate of drug-likeness (QED) is 0.727. The molecule has 3 aromatic rings. The lowest BCUT2D eigenvalue weighted by molar-refractivity contribution is 0.0611. The van der Waals surface area contributed by atoms with Gasteiger partial charge in [0.25, 0.3) is 5.91 Å². The van der Waals surface area contributed by atoms with Crippen molar-refractivity contribution < 1.29 is 4.79 Å². The number of fused-ring (bicyclic) bond motifs is 1. The van der Waals surface area contributed by atoms with Crippen molar-refractivity contribution in [3.05, 3.63) is 90.0 Å². The van der Waals surface area contributed by atoms with Crippen LogP contribution in [0.25, 0.3) is 0 Å². The number of aromatic nitrogens is 2. The number of carbonyl (C=O) groups is 1. The Morgan fingerprint density at radius 2 is 1.80 bits per heavy atom. The van der Waals surface area contributed by atoms with E-state index >= 15 is 0 Å². The summed E-state index contributed by atoms with van der Waals surface area (Å²) in [6.45, 7) is 3.53. The smallest absolute Gasteiger partial charge is 0.254 e. The van der Waals surface area contributed by atoms with Crippen LogP contribution in [0.15, 0.2) is 73.3 Å². The monoisotopic (exact) mass is 331 g/mol. The molecule has 0 fully saturated rings. The Bertz CT molecular complexity index is 858. The minimum absolute atomic E-state index is 0.0241. The number of carbonyl (C=O) groups excluding carboxylic acids is 1. The summed E-state index contributed by atoms with van der Waals surface area (Å²) >= 11 is 0. The summed E-state index contributed by atoms with van der Waals surface area (Å²) in [5.41, 5.74) is 3.12. The molecule has 0 aliphatic carbocycles. The molecule has 4 nitrogen and oxygen atoms in total. The van der Waals surface area contributed by atoms with E-state index in [-0.39, 0.29) is 17.9 Å². The summed E-state index contributed by atoms with van der Waals surface area (Å²) in [6.07, 6.45) is 5.63. The summed E-state index contributed by atoms with van der Waals surface area (Å²) in [6, 6.07) is 18.4. The molecule has 0 bridgehead atoms. The number of likely N-dealkylation sites (N-methyl/N-ethyl adjacent to an activating group) is 1. The first-order valence-corrected chi connectivity index (χ1v) is 8.70. The predicted molar refractivity (Wildman–Crippen MR) is 97.3 cm³/mol. The average molecular weight is 331 g/mol. The third-order valence-corrected chi connectivity index (χ3v) is 5.02. The lowest BCUT2D eigenvalue weighted by Gasteiger charge is -2.42. The van der Waals surface area contributed by atoms with Crippen molar-refractivity contribution in [3.63, 3.8) is 0 Å². The Hall–Kier alpha value is -2.88. The third-order valence-electron chi connectivity index (χ3n) is 5.02. The maximum atomic E-state index is 13.1. The number of nitrogens with zero attached hydrogens (tertiary/aromatic N) is 3. The molecule has 0 saturated carbocycles. The molecule has 2 heterocycles. The summed E-state index contributed by atoms with van der Waals surface area (Å²) in [5.74, 6) is 0.305. The van der Waals surface area contributed by atoms with Gasteiger partial charge < -0.3 is 9.47 Å². The molecule has 2 atom stereocenters. The highest BCUT2D eigenvalue weighted by Gasteiger charge is 2.39. The molecule has 1 amide bonds. The van der Waals surface area contributed by atoms with Crippen LogP contribution in [0.5, 0.6) is 0 Å². The Labute approximate surface area is 147 Å². The molecule has 0 N–H and O–H groups in total. The Balaban J connectivity index is 1.87. The molecule has 0 spiro atoms. The standard InChI is InChI=1S/C21H21N3O/c1-2-24-20(16-8-4-3-5-9-16)19(14-23-13-12-22-15-23)17-10-6-7-11-18(17)21(24)25/h3-13,15,19-20H,2,14H2,1H3/t19-,20+/m1/s1. The first-order valence-electron chi connectivity index (χ1n) is 8.70. The normalized spacial score (nSPS) is 19.7. The molecule has 1 aromatic heterocycles. The lowest BCUT2D eigenvalue weighted by atomic mass is 9.79. The number of imidazole rings is 1. The van der Waals surface area contributed by atoms with Gasteiger partial charge in [-0.05, 0) is 24.1 Å². The number of hydrogen-bond donors (Lipinski definition) is 0. The van der Waals surface area contributed by atoms with Crippen molar-refractivity contribution >= 4 is 5.91 Å². The van der Waals surface area contributed by atoms with Crippen LogP contribution in [0, 0.1) is 0 Å². The summed E-state index contributed by atoms with van der Waals surface area (Å²) < 4.78 is 2.10. The zero-order valence-electron chi connectivity index (χ0n) is 14.2. The summed E-state index contributed by atoms with van der Waals surface area (Å²) in [5, 5.41) is 0. The van der Waals surface area contributed by atoms with Crippen LogP contribution in [0.3, 0.4) is 0 Å². The fraction of sp³-hybridized carbons (Fsp3) is 0.238. The molecule has 1 aliphatic rings. The van der Waals surface area contributed by atoms with Crippen LogP contribution in [0.1, 0.15) is 40.4 Å². The maximum absolute atomic E-state index is 13.1. The van der Waals surface area contributed by atoms with Gasteiger partial charge in [0.05, 0.1) is 12.4 Å². The van der Waals surface area contributed by atoms with Crippen molar-refractivity contribution in [2.75, 3.05) is 6.54 Å². The van der Waals surface area contributed by atoms with Crippen molar-refractivity contribution in [2.24, 2.45) is 0 Å². The first-order chi connectivity index (χ1) is 12.3. The highest BCUT2D eigenvalue weighted by Crippen LogP contribution is 2.43. The topological polar surface area (TPSA) is 38.1 Å². The van der Waals surface area contributed by atoms with Crippen LogP contribution < -0.4 is 0 Å². The van der Waals surface area contributed by atoms with Gasteiger partial charge in [-0.3, -0.25) is 4.79 Å². The SMILES string of the molecule is CCN1C(=O)c2ccccc2[C@@H](Cn2ccnc2)[C@@H]1c1ccccc1. The molecule has 2 aromatic carbocycles. The van der Waals surface area contributed by atoms with Crippen molar-refractivity contribution in [2.45, 2.75) is 25.4 Å². The van der Waals surface area contributed by atoms with Crippen LogP contribution in [-0.2, 0) is 6.54 Å². The highest BCUT2D eigenvalue weighted by molar-refractivity contribution is 5.97. The first kappa shape index (κ1) is 15.6.